The molecule has 1 aliphatic heterocycles. The van der Waals surface area contributed by atoms with Crippen molar-refractivity contribution in [2.45, 2.75) is 38.8 Å². The van der Waals surface area contributed by atoms with E-state index in [0.29, 0.717) is 17.0 Å². The highest BCUT2D eigenvalue weighted by Crippen LogP contribution is 2.35. The molecule has 1 atom stereocenters. The molecule has 0 unspecified atom stereocenters. The first-order valence-corrected chi connectivity index (χ1v) is 9.65. The molecule has 0 aliphatic carbocycles. The molecule has 6 heteroatoms. The molecule has 1 aromatic heterocycles. The fraction of sp³-hybridized carbons (Fsp3) is 0.333. The van der Waals surface area contributed by atoms with Crippen molar-refractivity contribution in [3.8, 4) is 0 Å². The normalized spacial score (nSPS) is 17.0. The van der Waals surface area contributed by atoms with Crippen LogP contribution < -0.4 is 0 Å². The van der Waals surface area contributed by atoms with Gasteiger partial charge in [-0.15, -0.1) is 0 Å². The summed E-state index contributed by atoms with van der Waals surface area (Å²) in [5.41, 5.74) is 2.20. The minimum atomic E-state index is -0.334. The van der Waals surface area contributed by atoms with Crippen molar-refractivity contribution in [1.29, 1.82) is 0 Å². The van der Waals surface area contributed by atoms with Crippen LogP contribution in [0.4, 0.5) is 4.39 Å². The SMILES string of the molecule is CCC(=O)N1CCC[C@H]1c1nc2ccccc2n1Cc1c(F)cccc1Cl. The van der Waals surface area contributed by atoms with Crippen LogP contribution in [0.3, 0.4) is 0 Å². The fourth-order valence-electron chi connectivity index (χ4n) is 3.89. The number of benzene rings is 2. The van der Waals surface area contributed by atoms with Crippen molar-refractivity contribution in [1.82, 2.24) is 14.5 Å². The molecule has 3 aromatic rings. The molecule has 0 spiro atoms. The zero-order valence-electron chi connectivity index (χ0n) is 15.2. The second kappa shape index (κ2) is 7.31. The number of hydrogen-bond acceptors (Lipinski definition) is 2. The number of amides is 1. The van der Waals surface area contributed by atoms with Crippen LogP contribution in [-0.2, 0) is 11.3 Å². The number of para-hydroxylation sites is 2. The molecule has 2 heterocycles. The monoisotopic (exact) mass is 385 g/mol. The number of aromatic nitrogens is 2. The van der Waals surface area contributed by atoms with E-state index in [9.17, 15) is 9.18 Å². The first-order valence-electron chi connectivity index (χ1n) is 9.27. The van der Waals surface area contributed by atoms with Gasteiger partial charge in [-0.05, 0) is 37.1 Å². The molecule has 1 aliphatic rings. The predicted octanol–water partition coefficient (Wildman–Crippen LogP) is 4.95. The Hall–Kier alpha value is -2.40. The van der Waals surface area contributed by atoms with Crippen LogP contribution in [0.15, 0.2) is 42.5 Å². The van der Waals surface area contributed by atoms with Crippen molar-refractivity contribution in [3.63, 3.8) is 0 Å². The molecular formula is C21H21ClFN3O. The number of nitrogens with zero attached hydrogens (tertiary/aromatic N) is 3. The van der Waals surface area contributed by atoms with Gasteiger partial charge in [0.2, 0.25) is 5.91 Å². The summed E-state index contributed by atoms with van der Waals surface area (Å²) in [7, 11) is 0. The van der Waals surface area contributed by atoms with Crippen LogP contribution in [0, 0.1) is 5.82 Å². The highest BCUT2D eigenvalue weighted by Gasteiger charge is 2.33. The van der Waals surface area contributed by atoms with Crippen molar-refractivity contribution < 1.29 is 9.18 Å². The standard InChI is InChI=1S/C21H21ClFN3O/c1-2-20(27)25-12-6-11-19(25)21-24-17-9-3-4-10-18(17)26(21)13-14-15(22)7-5-8-16(14)23/h3-5,7-10,19H,2,6,11-13H2,1H3/t19-/m0/s1. The number of likely N-dealkylation sites (tertiary alicyclic amines) is 1. The number of fused-ring (bicyclic) bond motifs is 1. The van der Waals surface area contributed by atoms with Gasteiger partial charge in [0, 0.05) is 23.6 Å². The quantitative estimate of drug-likeness (QED) is 0.637. The van der Waals surface area contributed by atoms with Gasteiger partial charge in [0.1, 0.15) is 11.6 Å². The minimum Gasteiger partial charge on any atom is -0.333 e. The van der Waals surface area contributed by atoms with Gasteiger partial charge in [0.05, 0.1) is 23.6 Å². The Balaban J connectivity index is 1.84. The van der Waals surface area contributed by atoms with Crippen LogP contribution in [0.25, 0.3) is 11.0 Å². The molecular weight excluding hydrogens is 365 g/mol. The number of imidazole rings is 1. The summed E-state index contributed by atoms with van der Waals surface area (Å²) in [6.07, 6.45) is 2.27. The molecule has 0 radical (unpaired) electrons. The van der Waals surface area contributed by atoms with E-state index in [1.807, 2.05) is 40.7 Å². The van der Waals surface area contributed by atoms with Crippen molar-refractivity contribution in [2.24, 2.45) is 0 Å². The van der Waals surface area contributed by atoms with Gasteiger partial charge in [0.15, 0.2) is 0 Å². The Morgan fingerprint density at radius 3 is 2.85 bits per heavy atom. The molecule has 0 bridgehead atoms. The van der Waals surface area contributed by atoms with Crippen LogP contribution in [0.2, 0.25) is 5.02 Å². The molecule has 4 nitrogen and oxygen atoms in total. The molecule has 27 heavy (non-hydrogen) atoms. The first kappa shape index (κ1) is 18.0. The third-order valence-electron chi connectivity index (χ3n) is 5.24. The summed E-state index contributed by atoms with van der Waals surface area (Å²) in [5, 5.41) is 0.395. The fourth-order valence-corrected chi connectivity index (χ4v) is 4.12. The Morgan fingerprint density at radius 2 is 2.07 bits per heavy atom. The highest BCUT2D eigenvalue weighted by molar-refractivity contribution is 6.31. The van der Waals surface area contributed by atoms with E-state index in [2.05, 4.69) is 0 Å². The van der Waals surface area contributed by atoms with Crippen LogP contribution in [0.1, 0.15) is 43.6 Å². The maximum Gasteiger partial charge on any atom is 0.222 e. The van der Waals surface area contributed by atoms with E-state index in [0.717, 1.165) is 36.2 Å². The third kappa shape index (κ3) is 3.21. The predicted molar refractivity (Wildman–Crippen MR) is 104 cm³/mol. The molecule has 140 valence electrons. The average Bonchev–Trinajstić information content (AvgIpc) is 3.29. The van der Waals surface area contributed by atoms with Gasteiger partial charge in [-0.1, -0.05) is 36.7 Å². The summed E-state index contributed by atoms with van der Waals surface area (Å²) in [6.45, 7) is 2.90. The van der Waals surface area contributed by atoms with E-state index >= 15 is 0 Å². The van der Waals surface area contributed by atoms with E-state index in [1.54, 1.807) is 12.1 Å². The summed E-state index contributed by atoms with van der Waals surface area (Å²) in [5.74, 6) is 0.592. The second-order valence-corrected chi connectivity index (χ2v) is 7.25. The third-order valence-corrected chi connectivity index (χ3v) is 5.59. The lowest BCUT2D eigenvalue weighted by molar-refractivity contribution is -0.131. The smallest absolute Gasteiger partial charge is 0.222 e. The van der Waals surface area contributed by atoms with Crippen molar-refractivity contribution in [2.75, 3.05) is 6.54 Å². The molecule has 2 aromatic carbocycles. The zero-order chi connectivity index (χ0) is 19.0. The Kier molecular flexibility index (Phi) is 4.87. The maximum absolute atomic E-state index is 14.4. The van der Waals surface area contributed by atoms with Crippen molar-refractivity contribution in [3.05, 3.63) is 64.7 Å². The number of halogens is 2. The zero-order valence-corrected chi connectivity index (χ0v) is 15.9. The Morgan fingerprint density at radius 1 is 1.26 bits per heavy atom. The molecule has 0 saturated carbocycles. The van der Waals surface area contributed by atoms with Gasteiger partial charge < -0.3 is 9.47 Å². The lowest BCUT2D eigenvalue weighted by Crippen LogP contribution is -2.31. The lowest BCUT2D eigenvalue weighted by atomic mass is 10.1. The lowest BCUT2D eigenvalue weighted by Gasteiger charge is -2.25. The van der Waals surface area contributed by atoms with E-state index in [1.165, 1.54) is 6.07 Å². The molecule has 4 rings (SSSR count). The van der Waals surface area contributed by atoms with Gasteiger partial charge in [-0.2, -0.15) is 0 Å². The van der Waals surface area contributed by atoms with E-state index < -0.39 is 0 Å². The number of carbonyl (C=O) groups is 1. The molecule has 0 N–H and O–H groups in total. The Labute approximate surface area is 162 Å². The number of rotatable bonds is 4. The highest BCUT2D eigenvalue weighted by atomic mass is 35.5. The summed E-state index contributed by atoms with van der Waals surface area (Å²) >= 11 is 6.27. The summed E-state index contributed by atoms with van der Waals surface area (Å²) in [4.78, 5) is 19.1. The van der Waals surface area contributed by atoms with Crippen LogP contribution in [0.5, 0.6) is 0 Å². The van der Waals surface area contributed by atoms with Gasteiger partial charge >= 0.3 is 0 Å². The summed E-state index contributed by atoms with van der Waals surface area (Å²) < 4.78 is 16.4. The summed E-state index contributed by atoms with van der Waals surface area (Å²) in [6, 6.07) is 12.4. The largest absolute Gasteiger partial charge is 0.333 e. The first-order chi connectivity index (χ1) is 13.1. The Bertz CT molecular complexity index is 980. The average molecular weight is 386 g/mol. The van der Waals surface area contributed by atoms with Gasteiger partial charge in [0.25, 0.3) is 0 Å². The van der Waals surface area contributed by atoms with Gasteiger partial charge in [-0.3, -0.25) is 4.79 Å². The maximum atomic E-state index is 14.4. The van der Waals surface area contributed by atoms with E-state index in [-0.39, 0.29) is 24.3 Å². The second-order valence-electron chi connectivity index (χ2n) is 6.84. The van der Waals surface area contributed by atoms with Crippen LogP contribution >= 0.6 is 11.6 Å². The molecule has 1 fully saturated rings. The minimum absolute atomic E-state index is 0.0876. The number of carbonyl (C=O) groups excluding carboxylic acids is 1. The van der Waals surface area contributed by atoms with E-state index in [4.69, 9.17) is 16.6 Å². The number of hydrogen-bond donors (Lipinski definition) is 0. The molecule has 1 amide bonds. The topological polar surface area (TPSA) is 38.1 Å². The van der Waals surface area contributed by atoms with Crippen LogP contribution in [-0.4, -0.2) is 26.9 Å². The van der Waals surface area contributed by atoms with Crippen molar-refractivity contribution >= 4 is 28.5 Å². The van der Waals surface area contributed by atoms with Gasteiger partial charge in [-0.25, -0.2) is 9.37 Å². The molecule has 1 saturated heterocycles.